The third-order valence-electron chi connectivity index (χ3n) is 1.95. The SMILES string of the molecule is Cc1cc(C(=O)Cc2cncs2)sc1Br. The molecule has 0 atom stereocenters. The zero-order chi connectivity index (χ0) is 10.8. The molecule has 0 bridgehead atoms. The second kappa shape index (κ2) is 4.55. The predicted molar refractivity (Wildman–Crippen MR) is 66.9 cm³/mol. The van der Waals surface area contributed by atoms with Gasteiger partial charge in [0.2, 0.25) is 0 Å². The number of aryl methyl sites for hydroxylation is 1. The Balaban J connectivity index is 2.15. The molecule has 15 heavy (non-hydrogen) atoms. The molecule has 0 aromatic carbocycles. The van der Waals surface area contributed by atoms with Crippen molar-refractivity contribution in [3.05, 3.63) is 36.9 Å². The highest BCUT2D eigenvalue weighted by atomic mass is 79.9. The van der Waals surface area contributed by atoms with E-state index in [4.69, 9.17) is 0 Å². The van der Waals surface area contributed by atoms with Crippen molar-refractivity contribution in [1.82, 2.24) is 4.98 Å². The molecule has 5 heteroatoms. The van der Waals surface area contributed by atoms with Crippen LogP contribution in [0.2, 0.25) is 0 Å². The van der Waals surface area contributed by atoms with E-state index in [1.165, 1.54) is 22.7 Å². The van der Waals surface area contributed by atoms with Crippen molar-refractivity contribution in [1.29, 1.82) is 0 Å². The number of rotatable bonds is 3. The fourth-order valence-corrected chi connectivity index (χ4v) is 3.24. The van der Waals surface area contributed by atoms with E-state index in [1.807, 2.05) is 13.0 Å². The molecule has 0 radical (unpaired) electrons. The highest BCUT2D eigenvalue weighted by molar-refractivity contribution is 9.11. The Morgan fingerprint density at radius 3 is 2.93 bits per heavy atom. The van der Waals surface area contributed by atoms with Gasteiger partial charge in [-0.1, -0.05) is 0 Å². The Labute approximate surface area is 104 Å². The van der Waals surface area contributed by atoms with E-state index in [-0.39, 0.29) is 5.78 Å². The maximum Gasteiger partial charge on any atom is 0.178 e. The van der Waals surface area contributed by atoms with Crippen molar-refractivity contribution in [2.45, 2.75) is 13.3 Å². The summed E-state index contributed by atoms with van der Waals surface area (Å²) in [5, 5.41) is 0. The summed E-state index contributed by atoms with van der Waals surface area (Å²) in [6, 6.07) is 1.93. The standard InChI is InChI=1S/C10H8BrNOS2/c1-6-2-9(15-10(6)11)8(13)3-7-4-12-5-14-7/h2,4-5H,3H2,1H3. The van der Waals surface area contributed by atoms with Crippen LogP contribution < -0.4 is 0 Å². The smallest absolute Gasteiger partial charge is 0.178 e. The van der Waals surface area contributed by atoms with Crippen molar-refractivity contribution in [2.75, 3.05) is 0 Å². The van der Waals surface area contributed by atoms with E-state index in [9.17, 15) is 4.79 Å². The molecule has 0 spiro atoms. The summed E-state index contributed by atoms with van der Waals surface area (Å²) in [5.41, 5.74) is 2.87. The van der Waals surface area contributed by atoms with E-state index < -0.39 is 0 Å². The van der Waals surface area contributed by atoms with Gasteiger partial charge in [-0.25, -0.2) is 0 Å². The van der Waals surface area contributed by atoms with E-state index in [0.717, 1.165) is 19.1 Å². The molecule has 0 N–H and O–H groups in total. The normalized spacial score (nSPS) is 10.5. The number of thiophene rings is 1. The summed E-state index contributed by atoms with van der Waals surface area (Å²) < 4.78 is 1.04. The van der Waals surface area contributed by atoms with Crippen LogP contribution in [0.15, 0.2) is 21.6 Å². The lowest BCUT2D eigenvalue weighted by Gasteiger charge is -1.92. The molecule has 2 aromatic heterocycles. The van der Waals surface area contributed by atoms with E-state index >= 15 is 0 Å². The Kier molecular flexibility index (Phi) is 3.33. The molecule has 78 valence electrons. The molecule has 0 saturated carbocycles. The van der Waals surface area contributed by atoms with Crippen LogP contribution in [0.3, 0.4) is 0 Å². The van der Waals surface area contributed by atoms with Crippen LogP contribution >= 0.6 is 38.6 Å². The van der Waals surface area contributed by atoms with Crippen molar-refractivity contribution in [2.24, 2.45) is 0 Å². The van der Waals surface area contributed by atoms with Gasteiger partial charge >= 0.3 is 0 Å². The summed E-state index contributed by atoms with van der Waals surface area (Å²) in [4.78, 5) is 17.6. The van der Waals surface area contributed by atoms with E-state index in [0.29, 0.717) is 6.42 Å². The molecule has 0 aliphatic heterocycles. The van der Waals surface area contributed by atoms with Gasteiger partial charge in [-0.3, -0.25) is 9.78 Å². The molecule has 0 aliphatic carbocycles. The first-order valence-corrected chi connectivity index (χ1v) is 6.82. The zero-order valence-corrected chi connectivity index (χ0v) is 11.2. The van der Waals surface area contributed by atoms with Crippen LogP contribution in [0.5, 0.6) is 0 Å². The molecule has 2 rings (SSSR count). The minimum absolute atomic E-state index is 0.165. The maximum atomic E-state index is 11.8. The summed E-state index contributed by atoms with van der Waals surface area (Å²) in [7, 11) is 0. The predicted octanol–water partition coefficient (Wildman–Crippen LogP) is 3.70. The molecule has 2 nitrogen and oxygen atoms in total. The minimum Gasteiger partial charge on any atom is -0.293 e. The molecular weight excluding hydrogens is 294 g/mol. The second-order valence-electron chi connectivity index (χ2n) is 3.14. The van der Waals surface area contributed by atoms with Gasteiger partial charge in [0.05, 0.1) is 14.2 Å². The average molecular weight is 302 g/mol. The van der Waals surface area contributed by atoms with Crippen LogP contribution in [-0.4, -0.2) is 10.8 Å². The van der Waals surface area contributed by atoms with Crippen molar-refractivity contribution >= 4 is 44.4 Å². The first kappa shape index (κ1) is 11.0. The highest BCUT2D eigenvalue weighted by Gasteiger charge is 2.12. The Morgan fingerprint density at radius 1 is 1.60 bits per heavy atom. The zero-order valence-electron chi connectivity index (χ0n) is 7.99. The number of nitrogens with zero attached hydrogens (tertiary/aromatic N) is 1. The van der Waals surface area contributed by atoms with Crippen molar-refractivity contribution in [3.63, 3.8) is 0 Å². The number of carbonyl (C=O) groups excluding carboxylic acids is 1. The van der Waals surface area contributed by atoms with Gasteiger partial charge in [-0.2, -0.15) is 0 Å². The monoisotopic (exact) mass is 301 g/mol. The number of hydrogen-bond acceptors (Lipinski definition) is 4. The van der Waals surface area contributed by atoms with Crippen LogP contribution in [0.1, 0.15) is 20.1 Å². The van der Waals surface area contributed by atoms with Crippen LogP contribution in [0.25, 0.3) is 0 Å². The van der Waals surface area contributed by atoms with Crippen LogP contribution in [-0.2, 0) is 6.42 Å². The van der Waals surface area contributed by atoms with Gasteiger partial charge in [0.15, 0.2) is 5.78 Å². The number of ketones is 1. The Bertz CT molecular complexity index is 456. The molecule has 0 unspecified atom stereocenters. The lowest BCUT2D eigenvalue weighted by atomic mass is 10.2. The lowest BCUT2D eigenvalue weighted by Crippen LogP contribution is -1.99. The Morgan fingerprint density at radius 2 is 2.40 bits per heavy atom. The topological polar surface area (TPSA) is 30.0 Å². The van der Waals surface area contributed by atoms with Gasteiger partial charge < -0.3 is 0 Å². The van der Waals surface area contributed by atoms with E-state index in [1.54, 1.807) is 11.7 Å². The summed E-state index contributed by atoms with van der Waals surface area (Å²) in [6.45, 7) is 1.99. The maximum absolute atomic E-state index is 11.8. The van der Waals surface area contributed by atoms with E-state index in [2.05, 4.69) is 20.9 Å². The van der Waals surface area contributed by atoms with Gasteiger partial charge in [0, 0.05) is 17.5 Å². The largest absolute Gasteiger partial charge is 0.293 e. The highest BCUT2D eigenvalue weighted by Crippen LogP contribution is 2.28. The van der Waals surface area contributed by atoms with Crippen LogP contribution in [0.4, 0.5) is 0 Å². The minimum atomic E-state index is 0.165. The van der Waals surface area contributed by atoms with Crippen molar-refractivity contribution in [3.8, 4) is 0 Å². The summed E-state index contributed by atoms with van der Waals surface area (Å²) >= 11 is 6.43. The number of aromatic nitrogens is 1. The fraction of sp³-hybridized carbons (Fsp3) is 0.200. The number of thiazole rings is 1. The first-order valence-electron chi connectivity index (χ1n) is 4.33. The Hall–Kier alpha value is -0.520. The molecule has 0 saturated heterocycles. The van der Waals surface area contributed by atoms with Gasteiger partial charge in [0.1, 0.15) is 0 Å². The molecule has 2 aromatic rings. The lowest BCUT2D eigenvalue weighted by molar-refractivity contribution is 0.0997. The summed E-state index contributed by atoms with van der Waals surface area (Å²) in [6.07, 6.45) is 2.20. The third kappa shape index (κ3) is 2.53. The molecule has 0 aliphatic rings. The number of carbonyl (C=O) groups is 1. The fourth-order valence-electron chi connectivity index (χ4n) is 1.17. The quantitative estimate of drug-likeness (QED) is 0.809. The molecular formula is C10H8BrNOS2. The number of halogens is 1. The number of Topliss-reactive ketones (excluding diaryl/α,β-unsaturated/α-hetero) is 1. The first-order chi connectivity index (χ1) is 7.16. The molecule has 0 fully saturated rings. The second-order valence-corrected chi connectivity index (χ2v) is 6.48. The molecule has 2 heterocycles. The van der Waals surface area contributed by atoms with Crippen LogP contribution in [0, 0.1) is 6.92 Å². The van der Waals surface area contributed by atoms with Gasteiger partial charge in [0.25, 0.3) is 0 Å². The van der Waals surface area contributed by atoms with Crippen molar-refractivity contribution < 1.29 is 4.79 Å². The van der Waals surface area contributed by atoms with Gasteiger partial charge in [-0.15, -0.1) is 22.7 Å². The van der Waals surface area contributed by atoms with Gasteiger partial charge in [-0.05, 0) is 34.5 Å². The summed E-state index contributed by atoms with van der Waals surface area (Å²) in [5.74, 6) is 0.165. The third-order valence-corrected chi connectivity index (χ3v) is 4.91. The average Bonchev–Trinajstić information content (AvgIpc) is 2.78. The molecule has 0 amide bonds. The number of hydrogen-bond donors (Lipinski definition) is 0.